The third-order valence-corrected chi connectivity index (χ3v) is 4.98. The number of likely N-dealkylation sites (N-methyl/N-ethyl adjacent to an activating group) is 1. The van der Waals surface area contributed by atoms with Gasteiger partial charge in [0.1, 0.15) is 17.7 Å². The number of rotatable bonds is 4. The van der Waals surface area contributed by atoms with Crippen LogP contribution in [-0.4, -0.2) is 43.7 Å². The largest absolute Gasteiger partial charge is 0.488 e. The van der Waals surface area contributed by atoms with E-state index in [0.29, 0.717) is 12.1 Å². The number of ether oxygens (including phenoxy) is 1. The van der Waals surface area contributed by atoms with Crippen LogP contribution in [0.25, 0.3) is 0 Å². The second-order valence-corrected chi connectivity index (χ2v) is 6.43. The van der Waals surface area contributed by atoms with Crippen molar-refractivity contribution >= 4 is 0 Å². The summed E-state index contributed by atoms with van der Waals surface area (Å²) in [6.45, 7) is 0.922. The Morgan fingerprint density at radius 3 is 2.76 bits per heavy atom. The number of hydrogen-bond donors (Lipinski definition) is 1. The van der Waals surface area contributed by atoms with E-state index in [9.17, 15) is 4.39 Å². The van der Waals surface area contributed by atoms with Crippen LogP contribution in [0.2, 0.25) is 0 Å². The molecular weight excluding hydrogens is 267 g/mol. The maximum atomic E-state index is 13.2. The number of fused-ring (bicyclic) bond motifs is 1. The second-order valence-electron chi connectivity index (χ2n) is 6.43. The topological polar surface area (TPSA) is 24.5 Å². The van der Waals surface area contributed by atoms with Gasteiger partial charge in [0.2, 0.25) is 0 Å². The van der Waals surface area contributed by atoms with Gasteiger partial charge in [-0.2, -0.15) is 0 Å². The van der Waals surface area contributed by atoms with E-state index in [1.807, 2.05) is 0 Å². The molecule has 1 heterocycles. The molecule has 1 saturated carbocycles. The maximum absolute atomic E-state index is 13.2. The predicted molar refractivity (Wildman–Crippen MR) is 82.3 cm³/mol. The molecule has 1 N–H and O–H groups in total. The Bertz CT molecular complexity index is 486. The first-order valence-corrected chi connectivity index (χ1v) is 7.98. The van der Waals surface area contributed by atoms with Crippen LogP contribution in [0.1, 0.15) is 31.2 Å². The molecular formula is C17H25FN2O. The lowest BCUT2D eigenvalue weighted by atomic mass is 9.90. The van der Waals surface area contributed by atoms with E-state index in [1.165, 1.54) is 31.7 Å². The zero-order valence-electron chi connectivity index (χ0n) is 12.9. The number of halogens is 1. The van der Waals surface area contributed by atoms with Crippen LogP contribution in [0.3, 0.4) is 0 Å². The summed E-state index contributed by atoms with van der Waals surface area (Å²) >= 11 is 0. The summed E-state index contributed by atoms with van der Waals surface area (Å²) in [6, 6.07) is 6.17. The van der Waals surface area contributed by atoms with Gasteiger partial charge >= 0.3 is 0 Å². The van der Waals surface area contributed by atoms with Gasteiger partial charge < -0.3 is 10.1 Å². The third kappa shape index (κ3) is 3.38. The van der Waals surface area contributed by atoms with Crippen molar-refractivity contribution in [2.45, 2.75) is 50.3 Å². The van der Waals surface area contributed by atoms with Crippen LogP contribution in [-0.2, 0) is 6.42 Å². The molecule has 0 aromatic heterocycles. The minimum Gasteiger partial charge on any atom is -0.488 e. The van der Waals surface area contributed by atoms with Crippen LogP contribution in [0.4, 0.5) is 4.39 Å². The van der Waals surface area contributed by atoms with E-state index in [2.05, 4.69) is 24.3 Å². The molecule has 0 radical (unpaired) electrons. The average Bonchev–Trinajstić information content (AvgIpc) is 2.88. The van der Waals surface area contributed by atoms with E-state index < -0.39 is 0 Å². The number of nitrogens with one attached hydrogen (secondary N) is 1. The fourth-order valence-corrected chi connectivity index (χ4v) is 3.67. The smallest absolute Gasteiger partial charge is 0.123 e. The normalized spacial score (nSPS) is 28.5. The molecule has 0 bridgehead atoms. The molecule has 3 rings (SSSR count). The molecule has 0 spiro atoms. The van der Waals surface area contributed by atoms with Crippen LogP contribution >= 0.6 is 0 Å². The van der Waals surface area contributed by atoms with E-state index in [4.69, 9.17) is 4.74 Å². The van der Waals surface area contributed by atoms with Gasteiger partial charge in [-0.05, 0) is 58.0 Å². The summed E-state index contributed by atoms with van der Waals surface area (Å²) in [6.07, 6.45) is 5.98. The van der Waals surface area contributed by atoms with E-state index in [-0.39, 0.29) is 11.9 Å². The number of nitrogens with zero attached hydrogens (tertiary/aromatic N) is 1. The Hall–Kier alpha value is -1.13. The highest BCUT2D eigenvalue weighted by molar-refractivity contribution is 5.37. The molecule has 1 atom stereocenters. The van der Waals surface area contributed by atoms with Crippen molar-refractivity contribution in [1.29, 1.82) is 0 Å². The summed E-state index contributed by atoms with van der Waals surface area (Å²) < 4.78 is 19.2. The van der Waals surface area contributed by atoms with Crippen molar-refractivity contribution in [3.63, 3.8) is 0 Å². The first-order chi connectivity index (χ1) is 10.2. The first kappa shape index (κ1) is 14.8. The molecule has 1 unspecified atom stereocenters. The van der Waals surface area contributed by atoms with Crippen molar-refractivity contribution in [2.24, 2.45) is 0 Å². The van der Waals surface area contributed by atoms with Crippen molar-refractivity contribution < 1.29 is 9.13 Å². The molecule has 1 aromatic carbocycles. The Morgan fingerprint density at radius 1 is 1.29 bits per heavy atom. The Balaban J connectivity index is 1.52. The molecule has 116 valence electrons. The lowest BCUT2D eigenvalue weighted by molar-refractivity contribution is 0.114. The summed E-state index contributed by atoms with van der Waals surface area (Å²) in [5.41, 5.74) is 1.01. The van der Waals surface area contributed by atoms with Crippen LogP contribution < -0.4 is 10.1 Å². The quantitative estimate of drug-likeness (QED) is 0.923. The molecule has 1 aliphatic heterocycles. The SMILES string of the molecule is CNC1CCC(N(C)CC2Cc3cc(F)ccc3O2)CC1. The number of hydrogen-bond acceptors (Lipinski definition) is 3. The van der Waals surface area contributed by atoms with Crippen LogP contribution in [0.5, 0.6) is 5.75 Å². The molecule has 0 amide bonds. The van der Waals surface area contributed by atoms with Gasteiger partial charge in [-0.3, -0.25) is 4.90 Å². The van der Waals surface area contributed by atoms with Crippen molar-refractivity contribution in [3.05, 3.63) is 29.6 Å². The minimum absolute atomic E-state index is 0.161. The van der Waals surface area contributed by atoms with Gasteiger partial charge in [0.05, 0.1) is 0 Å². The summed E-state index contributed by atoms with van der Waals surface area (Å²) in [5, 5.41) is 3.37. The Labute approximate surface area is 126 Å². The van der Waals surface area contributed by atoms with E-state index >= 15 is 0 Å². The molecule has 1 fully saturated rings. The summed E-state index contributed by atoms with van der Waals surface area (Å²) in [5.74, 6) is 0.686. The van der Waals surface area contributed by atoms with Gasteiger partial charge in [0, 0.05) is 30.6 Å². The van der Waals surface area contributed by atoms with Crippen LogP contribution in [0.15, 0.2) is 18.2 Å². The molecule has 1 aromatic rings. The van der Waals surface area contributed by atoms with Gasteiger partial charge in [0.25, 0.3) is 0 Å². The summed E-state index contributed by atoms with van der Waals surface area (Å²) in [7, 11) is 4.24. The lowest BCUT2D eigenvalue weighted by Gasteiger charge is -2.35. The fraction of sp³-hybridized carbons (Fsp3) is 0.647. The van der Waals surface area contributed by atoms with Gasteiger partial charge in [0.15, 0.2) is 0 Å². The van der Waals surface area contributed by atoms with Crippen molar-refractivity contribution in [1.82, 2.24) is 10.2 Å². The molecule has 0 saturated heterocycles. The standard InChI is InChI=1S/C17H25FN2O/c1-19-14-4-6-15(7-5-14)20(2)11-16-10-12-9-13(18)3-8-17(12)21-16/h3,8-9,14-16,19H,4-7,10-11H2,1-2H3. The summed E-state index contributed by atoms with van der Waals surface area (Å²) in [4.78, 5) is 2.43. The highest BCUT2D eigenvalue weighted by Crippen LogP contribution is 2.30. The predicted octanol–water partition coefficient (Wildman–Crippen LogP) is 2.59. The van der Waals surface area contributed by atoms with Crippen molar-refractivity contribution in [3.8, 4) is 5.75 Å². The maximum Gasteiger partial charge on any atom is 0.123 e. The highest BCUT2D eigenvalue weighted by Gasteiger charge is 2.28. The fourth-order valence-electron chi connectivity index (χ4n) is 3.67. The zero-order chi connectivity index (χ0) is 14.8. The molecule has 1 aliphatic carbocycles. The minimum atomic E-state index is -0.170. The lowest BCUT2D eigenvalue weighted by Crippen LogP contribution is -2.43. The number of benzene rings is 1. The monoisotopic (exact) mass is 292 g/mol. The third-order valence-electron chi connectivity index (χ3n) is 4.98. The van der Waals surface area contributed by atoms with Gasteiger partial charge in [-0.1, -0.05) is 0 Å². The first-order valence-electron chi connectivity index (χ1n) is 7.98. The Kier molecular flexibility index (Phi) is 4.45. The van der Waals surface area contributed by atoms with Crippen molar-refractivity contribution in [2.75, 3.05) is 20.6 Å². The van der Waals surface area contributed by atoms with Gasteiger partial charge in [-0.25, -0.2) is 4.39 Å². The Morgan fingerprint density at radius 2 is 2.05 bits per heavy atom. The zero-order valence-corrected chi connectivity index (χ0v) is 12.9. The molecule has 21 heavy (non-hydrogen) atoms. The molecule has 3 nitrogen and oxygen atoms in total. The van der Waals surface area contributed by atoms with Gasteiger partial charge in [-0.15, -0.1) is 0 Å². The van der Waals surface area contributed by atoms with E-state index in [1.54, 1.807) is 12.1 Å². The van der Waals surface area contributed by atoms with E-state index in [0.717, 1.165) is 24.3 Å². The molecule has 4 heteroatoms. The second kappa shape index (κ2) is 6.32. The molecule has 2 aliphatic rings. The van der Waals surface area contributed by atoms with Crippen LogP contribution in [0, 0.1) is 5.82 Å². The highest BCUT2D eigenvalue weighted by atomic mass is 19.1. The average molecular weight is 292 g/mol.